The predicted octanol–water partition coefficient (Wildman–Crippen LogP) is 2.54. The van der Waals surface area contributed by atoms with Gasteiger partial charge >= 0.3 is 0 Å². The van der Waals surface area contributed by atoms with Crippen LogP contribution in [0.3, 0.4) is 0 Å². The van der Waals surface area contributed by atoms with Gasteiger partial charge in [-0.1, -0.05) is 33.6 Å². The van der Waals surface area contributed by atoms with Gasteiger partial charge in [-0.15, -0.1) is 0 Å². The van der Waals surface area contributed by atoms with Crippen molar-refractivity contribution >= 4 is 5.91 Å². The molecule has 0 aromatic rings. The molecule has 86 valence electrons. The summed E-state index contributed by atoms with van der Waals surface area (Å²) in [6, 6.07) is 0. The number of nitrogens with zero attached hydrogens (tertiary/aromatic N) is 1. The molecule has 0 bridgehead atoms. The van der Waals surface area contributed by atoms with E-state index in [2.05, 4.69) is 25.7 Å². The molecule has 1 amide bonds. The van der Waals surface area contributed by atoms with Gasteiger partial charge in [-0.05, 0) is 24.2 Å². The van der Waals surface area contributed by atoms with Crippen molar-refractivity contribution in [3.05, 3.63) is 0 Å². The summed E-state index contributed by atoms with van der Waals surface area (Å²) in [7, 11) is 0. The van der Waals surface area contributed by atoms with Crippen molar-refractivity contribution in [1.29, 1.82) is 0 Å². The maximum absolute atomic E-state index is 12.1. The van der Waals surface area contributed by atoms with Crippen LogP contribution in [0.15, 0.2) is 0 Å². The van der Waals surface area contributed by atoms with Crippen molar-refractivity contribution in [2.45, 2.75) is 40.0 Å². The number of likely N-dealkylation sites (tertiary alicyclic amines) is 1. The van der Waals surface area contributed by atoms with Crippen molar-refractivity contribution < 1.29 is 4.79 Å². The minimum atomic E-state index is 0.373. The highest BCUT2D eigenvalue weighted by atomic mass is 16.2. The van der Waals surface area contributed by atoms with Crippen LogP contribution in [-0.4, -0.2) is 23.9 Å². The van der Waals surface area contributed by atoms with Crippen LogP contribution in [0.25, 0.3) is 0 Å². The van der Waals surface area contributed by atoms with E-state index >= 15 is 0 Å². The Bertz CT molecular complexity index is 239. The molecule has 15 heavy (non-hydrogen) atoms. The summed E-state index contributed by atoms with van der Waals surface area (Å²) in [6.07, 6.45) is 3.58. The van der Waals surface area contributed by atoms with E-state index in [-0.39, 0.29) is 0 Å². The van der Waals surface area contributed by atoms with E-state index in [1.54, 1.807) is 0 Å². The second-order valence-electron chi connectivity index (χ2n) is 5.40. The Hall–Kier alpha value is -0.530. The molecule has 4 unspecified atom stereocenters. The minimum Gasteiger partial charge on any atom is -0.342 e. The highest BCUT2D eigenvalue weighted by Gasteiger charge is 2.44. The molecule has 1 saturated carbocycles. The molecule has 0 radical (unpaired) electrons. The van der Waals surface area contributed by atoms with E-state index in [1.807, 2.05) is 0 Å². The van der Waals surface area contributed by atoms with Crippen molar-refractivity contribution in [3.63, 3.8) is 0 Å². The van der Waals surface area contributed by atoms with Gasteiger partial charge in [0.1, 0.15) is 0 Å². The lowest BCUT2D eigenvalue weighted by atomic mass is 9.92. The number of hydrogen-bond donors (Lipinski definition) is 0. The molecule has 2 heteroatoms. The summed E-state index contributed by atoms with van der Waals surface area (Å²) >= 11 is 0. The smallest absolute Gasteiger partial charge is 0.225 e. The average molecular weight is 209 g/mol. The van der Waals surface area contributed by atoms with E-state index in [4.69, 9.17) is 0 Å². The first-order chi connectivity index (χ1) is 7.17. The van der Waals surface area contributed by atoms with E-state index < -0.39 is 0 Å². The average Bonchev–Trinajstić information content (AvgIpc) is 2.83. The number of rotatable bonds is 3. The maximum Gasteiger partial charge on any atom is 0.225 e. The minimum absolute atomic E-state index is 0.373. The fourth-order valence-electron chi connectivity index (χ4n) is 2.94. The monoisotopic (exact) mass is 209 g/mol. The SMILES string of the molecule is CCC1CN(C(=O)C2CC2C)CC1CC. The van der Waals surface area contributed by atoms with Gasteiger partial charge in [0.15, 0.2) is 0 Å². The molecule has 0 N–H and O–H groups in total. The lowest BCUT2D eigenvalue weighted by molar-refractivity contribution is -0.132. The summed E-state index contributed by atoms with van der Waals surface area (Å²) in [5, 5.41) is 0. The normalized spacial score (nSPS) is 39.5. The van der Waals surface area contributed by atoms with Crippen LogP contribution in [0.2, 0.25) is 0 Å². The Kier molecular flexibility index (Phi) is 3.03. The third-order valence-corrected chi connectivity index (χ3v) is 4.36. The molecule has 1 heterocycles. The first-order valence-electron chi connectivity index (χ1n) is 6.46. The quantitative estimate of drug-likeness (QED) is 0.699. The summed E-state index contributed by atoms with van der Waals surface area (Å²) in [6.45, 7) is 8.74. The molecule has 2 fully saturated rings. The number of hydrogen-bond acceptors (Lipinski definition) is 1. The van der Waals surface area contributed by atoms with Crippen molar-refractivity contribution in [2.24, 2.45) is 23.7 Å². The molecule has 2 nitrogen and oxygen atoms in total. The molecule has 0 aromatic heterocycles. The van der Waals surface area contributed by atoms with Gasteiger partial charge in [0.2, 0.25) is 5.91 Å². The number of carbonyl (C=O) groups excluding carboxylic acids is 1. The van der Waals surface area contributed by atoms with Crippen LogP contribution < -0.4 is 0 Å². The maximum atomic E-state index is 12.1. The molecule has 1 aliphatic carbocycles. The van der Waals surface area contributed by atoms with Crippen LogP contribution in [0, 0.1) is 23.7 Å². The highest BCUT2D eigenvalue weighted by molar-refractivity contribution is 5.81. The topological polar surface area (TPSA) is 20.3 Å². The zero-order chi connectivity index (χ0) is 11.0. The fourth-order valence-corrected chi connectivity index (χ4v) is 2.94. The molecule has 4 atom stereocenters. The summed E-state index contributed by atoms with van der Waals surface area (Å²) in [5.74, 6) is 2.98. The van der Waals surface area contributed by atoms with Crippen molar-refractivity contribution in [1.82, 2.24) is 4.90 Å². The van der Waals surface area contributed by atoms with Crippen LogP contribution in [0.4, 0.5) is 0 Å². The van der Waals surface area contributed by atoms with Crippen LogP contribution in [0.1, 0.15) is 40.0 Å². The Labute approximate surface area is 93.0 Å². The van der Waals surface area contributed by atoms with E-state index in [0.717, 1.165) is 31.3 Å². The van der Waals surface area contributed by atoms with Gasteiger partial charge in [0.05, 0.1) is 0 Å². The fraction of sp³-hybridized carbons (Fsp3) is 0.923. The van der Waals surface area contributed by atoms with Gasteiger partial charge in [-0.25, -0.2) is 0 Å². The van der Waals surface area contributed by atoms with Crippen LogP contribution >= 0.6 is 0 Å². The van der Waals surface area contributed by atoms with E-state index in [1.165, 1.54) is 12.8 Å². The molecule has 1 aliphatic heterocycles. The second-order valence-corrected chi connectivity index (χ2v) is 5.40. The molecule has 2 rings (SSSR count). The van der Waals surface area contributed by atoms with Crippen LogP contribution in [-0.2, 0) is 4.79 Å². The zero-order valence-corrected chi connectivity index (χ0v) is 10.2. The molecule has 2 aliphatic rings. The first kappa shape index (κ1) is 11.0. The number of amides is 1. The molecule has 0 aromatic carbocycles. The summed E-state index contributed by atoms with van der Waals surface area (Å²) < 4.78 is 0. The van der Waals surface area contributed by atoms with E-state index in [0.29, 0.717) is 17.7 Å². The van der Waals surface area contributed by atoms with Gasteiger partial charge in [0.25, 0.3) is 0 Å². The third-order valence-electron chi connectivity index (χ3n) is 4.36. The van der Waals surface area contributed by atoms with Gasteiger partial charge in [0, 0.05) is 19.0 Å². The largest absolute Gasteiger partial charge is 0.342 e. The molecule has 1 saturated heterocycles. The summed E-state index contributed by atoms with van der Waals surface area (Å²) in [4.78, 5) is 14.2. The van der Waals surface area contributed by atoms with Crippen molar-refractivity contribution in [3.8, 4) is 0 Å². The lowest BCUT2D eigenvalue weighted by Crippen LogP contribution is -2.30. The Morgan fingerprint density at radius 3 is 2.00 bits per heavy atom. The Morgan fingerprint density at radius 1 is 1.20 bits per heavy atom. The predicted molar refractivity (Wildman–Crippen MR) is 61.4 cm³/mol. The zero-order valence-electron chi connectivity index (χ0n) is 10.2. The highest BCUT2D eigenvalue weighted by Crippen LogP contribution is 2.41. The van der Waals surface area contributed by atoms with E-state index in [9.17, 15) is 4.79 Å². The van der Waals surface area contributed by atoms with Gasteiger partial charge in [-0.2, -0.15) is 0 Å². The van der Waals surface area contributed by atoms with Crippen molar-refractivity contribution in [2.75, 3.05) is 13.1 Å². The second kappa shape index (κ2) is 4.15. The third kappa shape index (κ3) is 2.04. The summed E-state index contributed by atoms with van der Waals surface area (Å²) in [5.41, 5.74) is 0. The molecular weight excluding hydrogens is 186 g/mol. The number of carbonyl (C=O) groups is 1. The Morgan fingerprint density at radius 2 is 1.67 bits per heavy atom. The lowest BCUT2D eigenvalue weighted by Gasteiger charge is -2.16. The standard InChI is InChI=1S/C13H23NO/c1-4-10-7-14(8-11(10)5-2)13(15)12-6-9(12)3/h9-12H,4-8H2,1-3H3. The van der Waals surface area contributed by atoms with Gasteiger partial charge in [-0.3, -0.25) is 4.79 Å². The Balaban J connectivity index is 1.92. The van der Waals surface area contributed by atoms with Gasteiger partial charge < -0.3 is 4.90 Å². The first-order valence-corrected chi connectivity index (χ1v) is 6.46. The molecule has 0 spiro atoms. The van der Waals surface area contributed by atoms with Crippen LogP contribution in [0.5, 0.6) is 0 Å². The molecular formula is C13H23NO.